The minimum absolute atomic E-state index is 0.209. The quantitative estimate of drug-likeness (QED) is 0.689. The van der Waals surface area contributed by atoms with E-state index in [9.17, 15) is 17.6 Å². The molecular formula is C24H30FN3O3S. The largest absolute Gasteiger partial charge is 0.369 e. The summed E-state index contributed by atoms with van der Waals surface area (Å²) in [6, 6.07) is 11.4. The van der Waals surface area contributed by atoms with E-state index in [4.69, 9.17) is 0 Å². The second kappa shape index (κ2) is 9.19. The summed E-state index contributed by atoms with van der Waals surface area (Å²) in [5.41, 5.74) is 3.95. The Morgan fingerprint density at radius 3 is 2.31 bits per heavy atom. The lowest BCUT2D eigenvalue weighted by atomic mass is 10.00. The van der Waals surface area contributed by atoms with Crippen LogP contribution in [0.3, 0.4) is 0 Å². The minimum Gasteiger partial charge on any atom is -0.369 e. The Kier molecular flexibility index (Phi) is 6.53. The molecule has 0 unspecified atom stereocenters. The summed E-state index contributed by atoms with van der Waals surface area (Å²) in [6.45, 7) is 8.14. The molecule has 32 heavy (non-hydrogen) atoms. The first-order valence-corrected chi connectivity index (χ1v) is 12.7. The number of hydrogen-bond donors (Lipinski definition) is 1. The number of nitrogens with zero attached hydrogens (tertiary/aromatic N) is 2. The Morgan fingerprint density at radius 1 is 1.06 bits per heavy atom. The van der Waals surface area contributed by atoms with Crippen LogP contribution in [0.2, 0.25) is 0 Å². The Labute approximate surface area is 189 Å². The first-order valence-electron chi connectivity index (χ1n) is 11.2. The van der Waals surface area contributed by atoms with E-state index in [1.165, 1.54) is 23.4 Å². The monoisotopic (exact) mass is 459 g/mol. The van der Waals surface area contributed by atoms with E-state index >= 15 is 0 Å². The molecule has 172 valence electrons. The molecule has 0 bridgehead atoms. The number of carbonyl (C=O) groups excluding carboxylic acids is 1. The van der Waals surface area contributed by atoms with Crippen LogP contribution in [0.15, 0.2) is 36.4 Å². The van der Waals surface area contributed by atoms with Crippen molar-refractivity contribution < 1.29 is 17.6 Å². The van der Waals surface area contributed by atoms with Crippen molar-refractivity contribution in [1.29, 1.82) is 0 Å². The van der Waals surface area contributed by atoms with Crippen molar-refractivity contribution in [3.8, 4) is 0 Å². The molecule has 1 aliphatic heterocycles. The summed E-state index contributed by atoms with van der Waals surface area (Å²) < 4.78 is 40.9. The Bertz CT molecular complexity index is 1090. The van der Waals surface area contributed by atoms with Gasteiger partial charge in [-0.1, -0.05) is 24.6 Å². The van der Waals surface area contributed by atoms with Crippen LogP contribution < -0.4 is 9.62 Å². The summed E-state index contributed by atoms with van der Waals surface area (Å²) in [7, 11) is -3.71. The molecule has 0 spiro atoms. The molecule has 1 saturated carbocycles. The molecule has 2 fully saturated rings. The van der Waals surface area contributed by atoms with Crippen molar-refractivity contribution in [2.45, 2.75) is 44.9 Å². The molecule has 6 nitrogen and oxygen atoms in total. The number of sulfonamides is 1. The van der Waals surface area contributed by atoms with Crippen LogP contribution in [0.4, 0.5) is 10.1 Å². The van der Waals surface area contributed by atoms with Gasteiger partial charge in [-0.2, -0.15) is 0 Å². The SMILES string of the molecule is CCc1cc(C(=O)NS(=O)(=O)C2CC2)c(F)cc1CN1CCN(c2ccc(C)cc2)CC1. The second-order valence-corrected chi connectivity index (χ2v) is 10.7. The third-order valence-corrected chi connectivity index (χ3v) is 8.10. The van der Waals surface area contributed by atoms with E-state index < -0.39 is 27.0 Å². The zero-order valence-electron chi connectivity index (χ0n) is 18.6. The summed E-state index contributed by atoms with van der Waals surface area (Å²) >= 11 is 0. The van der Waals surface area contributed by atoms with Gasteiger partial charge in [0, 0.05) is 38.4 Å². The van der Waals surface area contributed by atoms with E-state index in [0.29, 0.717) is 25.8 Å². The normalized spacial score (nSPS) is 17.4. The lowest BCUT2D eigenvalue weighted by Crippen LogP contribution is -2.46. The smallest absolute Gasteiger partial charge is 0.267 e. The predicted molar refractivity (Wildman–Crippen MR) is 124 cm³/mol. The maximum Gasteiger partial charge on any atom is 0.267 e. The maximum absolute atomic E-state index is 14.8. The lowest BCUT2D eigenvalue weighted by Gasteiger charge is -2.36. The van der Waals surface area contributed by atoms with Crippen molar-refractivity contribution in [2.75, 3.05) is 31.1 Å². The number of hydrogen-bond acceptors (Lipinski definition) is 5. The average Bonchev–Trinajstić information content (AvgIpc) is 3.61. The fourth-order valence-corrected chi connectivity index (χ4v) is 5.41. The van der Waals surface area contributed by atoms with Crippen LogP contribution in [0.25, 0.3) is 0 Å². The molecule has 1 aliphatic carbocycles. The molecule has 1 saturated heterocycles. The highest BCUT2D eigenvalue weighted by molar-refractivity contribution is 7.91. The molecule has 4 rings (SSSR count). The third kappa shape index (κ3) is 5.13. The van der Waals surface area contributed by atoms with Crippen molar-refractivity contribution >= 4 is 21.6 Å². The van der Waals surface area contributed by atoms with E-state index in [1.54, 1.807) is 0 Å². The van der Waals surface area contributed by atoms with Crippen LogP contribution >= 0.6 is 0 Å². The first kappa shape index (κ1) is 22.7. The molecule has 2 aliphatic rings. The summed E-state index contributed by atoms with van der Waals surface area (Å²) in [5, 5.41) is -0.530. The third-order valence-electron chi connectivity index (χ3n) is 6.28. The Balaban J connectivity index is 1.42. The van der Waals surface area contributed by atoms with Gasteiger partial charge < -0.3 is 4.90 Å². The van der Waals surface area contributed by atoms with Gasteiger partial charge in [0.25, 0.3) is 5.91 Å². The van der Waals surface area contributed by atoms with Crippen molar-refractivity contribution in [3.63, 3.8) is 0 Å². The molecule has 0 radical (unpaired) electrons. The van der Waals surface area contributed by atoms with E-state index in [1.807, 2.05) is 11.6 Å². The number of rotatable bonds is 7. The molecule has 0 aromatic heterocycles. The fraction of sp³-hybridized carbons (Fsp3) is 0.458. The molecule has 1 N–H and O–H groups in total. The second-order valence-electron chi connectivity index (χ2n) is 8.73. The van der Waals surface area contributed by atoms with Gasteiger partial charge in [-0.05, 0) is 61.6 Å². The summed E-state index contributed by atoms with van der Waals surface area (Å²) in [5.74, 6) is -1.57. The number of anilines is 1. The van der Waals surface area contributed by atoms with Gasteiger partial charge in [-0.15, -0.1) is 0 Å². The highest BCUT2D eigenvalue weighted by Gasteiger charge is 2.37. The Hall–Kier alpha value is -2.45. The number of carbonyl (C=O) groups is 1. The highest BCUT2D eigenvalue weighted by atomic mass is 32.2. The van der Waals surface area contributed by atoms with Crippen LogP contribution in [0.1, 0.15) is 46.8 Å². The number of aryl methyl sites for hydroxylation is 2. The van der Waals surface area contributed by atoms with Crippen LogP contribution in [0, 0.1) is 12.7 Å². The summed E-state index contributed by atoms with van der Waals surface area (Å²) in [6.07, 6.45) is 1.72. The molecule has 8 heteroatoms. The number of nitrogens with one attached hydrogen (secondary N) is 1. The van der Waals surface area contributed by atoms with Gasteiger partial charge in [-0.3, -0.25) is 9.69 Å². The maximum atomic E-state index is 14.8. The first-order chi connectivity index (χ1) is 15.3. The minimum atomic E-state index is -3.71. The predicted octanol–water partition coefficient (Wildman–Crippen LogP) is 3.24. The lowest BCUT2D eigenvalue weighted by molar-refractivity contribution is 0.0977. The molecular weight excluding hydrogens is 429 g/mol. The standard InChI is InChI=1S/C24H30FN3O3S/c1-3-18-14-22(24(29)26-32(30,31)21-8-9-21)23(25)15-19(18)16-27-10-12-28(13-11-27)20-6-4-17(2)5-7-20/h4-7,14-15,21H,3,8-13,16H2,1-2H3,(H,26,29). The molecule has 2 aromatic rings. The summed E-state index contributed by atoms with van der Waals surface area (Å²) in [4.78, 5) is 17.1. The molecule has 0 atom stereocenters. The van der Waals surface area contributed by atoms with Crippen LogP contribution in [0.5, 0.6) is 0 Å². The fourth-order valence-electron chi connectivity index (χ4n) is 4.12. The van der Waals surface area contributed by atoms with E-state index in [2.05, 4.69) is 41.0 Å². The van der Waals surface area contributed by atoms with E-state index in [0.717, 1.165) is 37.3 Å². The zero-order chi connectivity index (χ0) is 22.9. The number of piperazine rings is 1. The highest BCUT2D eigenvalue weighted by Crippen LogP contribution is 2.28. The van der Waals surface area contributed by atoms with Crippen molar-refractivity contribution in [3.05, 3.63) is 64.5 Å². The van der Waals surface area contributed by atoms with Gasteiger partial charge in [0.15, 0.2) is 0 Å². The molecule has 2 aromatic carbocycles. The van der Waals surface area contributed by atoms with Gasteiger partial charge in [-0.25, -0.2) is 17.5 Å². The topological polar surface area (TPSA) is 69.7 Å². The number of amides is 1. The molecule has 1 amide bonds. The van der Waals surface area contributed by atoms with Crippen LogP contribution in [-0.4, -0.2) is 50.7 Å². The van der Waals surface area contributed by atoms with Crippen molar-refractivity contribution in [2.24, 2.45) is 0 Å². The zero-order valence-corrected chi connectivity index (χ0v) is 19.4. The molecule has 1 heterocycles. The van der Waals surface area contributed by atoms with Gasteiger partial charge in [0.2, 0.25) is 10.0 Å². The average molecular weight is 460 g/mol. The van der Waals surface area contributed by atoms with Gasteiger partial charge >= 0.3 is 0 Å². The number of benzene rings is 2. The Morgan fingerprint density at radius 2 is 1.72 bits per heavy atom. The van der Waals surface area contributed by atoms with Gasteiger partial charge in [0.1, 0.15) is 5.82 Å². The van der Waals surface area contributed by atoms with Crippen molar-refractivity contribution in [1.82, 2.24) is 9.62 Å². The van der Waals surface area contributed by atoms with Gasteiger partial charge in [0.05, 0.1) is 10.8 Å². The number of halogens is 1. The van der Waals surface area contributed by atoms with Crippen LogP contribution in [-0.2, 0) is 23.0 Å². The van der Waals surface area contributed by atoms with E-state index in [-0.39, 0.29) is 5.56 Å².